The summed E-state index contributed by atoms with van der Waals surface area (Å²) in [5, 5.41) is 10.0. The van der Waals surface area contributed by atoms with Gasteiger partial charge in [-0.1, -0.05) is 17.2 Å². The second-order valence-corrected chi connectivity index (χ2v) is 12.2. The normalized spacial score (nSPS) is 19.4. The highest BCUT2D eigenvalue weighted by molar-refractivity contribution is 7.90. The van der Waals surface area contributed by atoms with Crippen LogP contribution in [0.25, 0.3) is 11.5 Å². The molecule has 1 saturated heterocycles. The number of carbonyl (C=O) groups is 1. The summed E-state index contributed by atoms with van der Waals surface area (Å²) in [6.07, 6.45) is 0.624. The molecule has 0 bridgehead atoms. The fourth-order valence-corrected chi connectivity index (χ4v) is 6.24. The van der Waals surface area contributed by atoms with Crippen LogP contribution in [0.15, 0.2) is 62.7 Å². The molecule has 1 N–H and O–H groups in total. The topological polar surface area (TPSA) is 149 Å². The number of amides is 1. The van der Waals surface area contributed by atoms with Crippen LogP contribution in [0, 0.1) is 0 Å². The van der Waals surface area contributed by atoms with E-state index < -0.39 is 25.8 Å². The molecule has 0 saturated carbocycles. The molecule has 0 aliphatic carbocycles. The lowest BCUT2D eigenvalue weighted by Crippen LogP contribution is -2.48. The van der Waals surface area contributed by atoms with Gasteiger partial charge in [-0.25, -0.2) is 16.8 Å². The molecule has 2 heterocycles. The molecule has 2 aromatic carbocycles. The van der Waals surface area contributed by atoms with Gasteiger partial charge in [0.15, 0.2) is 9.84 Å². The van der Waals surface area contributed by atoms with Crippen molar-refractivity contribution in [2.24, 2.45) is 0 Å². The molecule has 1 aliphatic heterocycles. The minimum absolute atomic E-state index is 0.0161. The molecule has 11 nitrogen and oxygen atoms in total. The number of carbonyl (C=O) groups excluding carboxylic acids is 1. The summed E-state index contributed by atoms with van der Waals surface area (Å²) < 4.78 is 62.4. The quantitative estimate of drug-likeness (QED) is 0.516. The number of benzene rings is 2. The second kappa shape index (κ2) is 9.49. The Morgan fingerprint density at radius 2 is 1.60 bits per heavy atom. The van der Waals surface area contributed by atoms with E-state index in [4.69, 9.17) is 9.15 Å². The van der Waals surface area contributed by atoms with E-state index in [1.807, 2.05) is 13.8 Å². The minimum Gasteiger partial charge on any atom is -0.403 e. The second-order valence-electron chi connectivity index (χ2n) is 8.24. The summed E-state index contributed by atoms with van der Waals surface area (Å²) >= 11 is 0. The Bertz CT molecular complexity index is 1440. The number of nitrogens with zero attached hydrogens (tertiary/aromatic N) is 3. The van der Waals surface area contributed by atoms with Crippen LogP contribution in [0.1, 0.15) is 24.2 Å². The number of sulfone groups is 1. The number of nitrogens with one attached hydrogen (secondary N) is 1. The lowest BCUT2D eigenvalue weighted by atomic mass is 10.2. The lowest BCUT2D eigenvalue weighted by molar-refractivity contribution is -0.0440. The monoisotopic (exact) mass is 520 g/mol. The number of sulfonamides is 1. The van der Waals surface area contributed by atoms with Crippen molar-refractivity contribution in [2.45, 2.75) is 35.8 Å². The highest BCUT2D eigenvalue weighted by Crippen LogP contribution is 2.27. The molecule has 0 spiro atoms. The Hall–Kier alpha value is -3.13. The highest BCUT2D eigenvalue weighted by atomic mass is 32.2. The first-order valence-corrected chi connectivity index (χ1v) is 14.0. The Labute approximate surface area is 203 Å². The molecule has 35 heavy (non-hydrogen) atoms. The van der Waals surface area contributed by atoms with Crippen LogP contribution >= 0.6 is 0 Å². The summed E-state index contributed by atoms with van der Waals surface area (Å²) in [7, 11) is -7.28. The van der Waals surface area contributed by atoms with E-state index in [0.29, 0.717) is 0 Å². The van der Waals surface area contributed by atoms with E-state index in [0.717, 1.165) is 6.26 Å². The standard InChI is InChI=1S/C22H24N4O7S2/c1-14-12-26(13-15(2)32-14)35(30,31)17-10-8-16(9-11-17)20(27)23-22-25-24-21(33-22)18-6-4-5-7-19(18)34(3,28)29/h4-11,14-15H,12-13H2,1-3H3,(H,23,25,27). The number of rotatable bonds is 6. The van der Waals surface area contributed by atoms with Gasteiger partial charge in [0.1, 0.15) is 0 Å². The largest absolute Gasteiger partial charge is 0.403 e. The summed E-state index contributed by atoms with van der Waals surface area (Å²) in [6.45, 7) is 4.12. The van der Waals surface area contributed by atoms with Crippen LogP contribution in [0.5, 0.6) is 0 Å². The molecule has 186 valence electrons. The Kier molecular flexibility index (Phi) is 6.77. The molecule has 4 rings (SSSR count). The zero-order valence-electron chi connectivity index (χ0n) is 19.2. The van der Waals surface area contributed by atoms with Crippen molar-refractivity contribution in [1.82, 2.24) is 14.5 Å². The molecular formula is C22H24N4O7S2. The minimum atomic E-state index is -3.74. The van der Waals surface area contributed by atoms with E-state index in [1.54, 1.807) is 12.1 Å². The SMILES string of the molecule is CC1CN(S(=O)(=O)c2ccc(C(=O)Nc3nnc(-c4ccccc4S(C)(=O)=O)o3)cc2)CC(C)O1. The van der Waals surface area contributed by atoms with Crippen LogP contribution in [0.3, 0.4) is 0 Å². The van der Waals surface area contributed by atoms with E-state index in [2.05, 4.69) is 15.5 Å². The van der Waals surface area contributed by atoms with Gasteiger partial charge in [-0.05, 0) is 50.2 Å². The Balaban J connectivity index is 1.49. The van der Waals surface area contributed by atoms with Gasteiger partial charge in [-0.3, -0.25) is 10.1 Å². The molecule has 1 aromatic heterocycles. The van der Waals surface area contributed by atoms with Crippen molar-refractivity contribution in [2.75, 3.05) is 24.7 Å². The van der Waals surface area contributed by atoms with Crippen LogP contribution in [0.2, 0.25) is 0 Å². The van der Waals surface area contributed by atoms with Gasteiger partial charge in [0.25, 0.3) is 11.8 Å². The zero-order valence-corrected chi connectivity index (χ0v) is 20.8. The zero-order chi connectivity index (χ0) is 25.4. The van der Waals surface area contributed by atoms with Gasteiger partial charge in [-0.2, -0.15) is 4.31 Å². The average Bonchev–Trinajstić information content (AvgIpc) is 3.26. The molecule has 1 aliphatic rings. The van der Waals surface area contributed by atoms with E-state index >= 15 is 0 Å². The van der Waals surface area contributed by atoms with Gasteiger partial charge in [0.2, 0.25) is 10.0 Å². The first-order valence-electron chi connectivity index (χ1n) is 10.6. The van der Waals surface area contributed by atoms with Crippen molar-refractivity contribution in [3.63, 3.8) is 0 Å². The van der Waals surface area contributed by atoms with Crippen LogP contribution in [-0.4, -0.2) is 68.8 Å². The van der Waals surface area contributed by atoms with Crippen LogP contribution in [-0.2, 0) is 24.6 Å². The van der Waals surface area contributed by atoms with Gasteiger partial charge in [0.05, 0.1) is 27.6 Å². The predicted molar refractivity (Wildman–Crippen MR) is 126 cm³/mol. The number of morpholine rings is 1. The third-order valence-electron chi connectivity index (χ3n) is 5.30. The predicted octanol–water partition coefficient (Wildman–Crippen LogP) is 2.19. The number of hydrogen-bond acceptors (Lipinski definition) is 9. The van der Waals surface area contributed by atoms with E-state index in [1.165, 1.54) is 40.7 Å². The molecule has 1 amide bonds. The van der Waals surface area contributed by atoms with Crippen molar-refractivity contribution < 1.29 is 30.8 Å². The number of ether oxygens (including phenoxy) is 1. The summed E-state index contributed by atoms with van der Waals surface area (Å²) in [4.78, 5) is 12.7. The average molecular weight is 521 g/mol. The maximum atomic E-state index is 13.0. The molecule has 0 radical (unpaired) electrons. The van der Waals surface area contributed by atoms with Crippen molar-refractivity contribution in [3.8, 4) is 11.5 Å². The maximum Gasteiger partial charge on any atom is 0.322 e. The number of anilines is 1. The Morgan fingerprint density at radius 1 is 0.971 bits per heavy atom. The molecule has 2 atom stereocenters. The fourth-order valence-electron chi connectivity index (χ4n) is 3.77. The highest BCUT2D eigenvalue weighted by Gasteiger charge is 2.32. The molecule has 1 fully saturated rings. The first-order chi connectivity index (χ1) is 16.4. The first kappa shape index (κ1) is 25.0. The van der Waals surface area contributed by atoms with Gasteiger partial charge >= 0.3 is 6.01 Å². The van der Waals surface area contributed by atoms with Crippen molar-refractivity contribution in [3.05, 3.63) is 54.1 Å². The lowest BCUT2D eigenvalue weighted by Gasteiger charge is -2.34. The van der Waals surface area contributed by atoms with Crippen molar-refractivity contribution in [1.29, 1.82) is 0 Å². The van der Waals surface area contributed by atoms with Gasteiger partial charge in [-0.15, -0.1) is 5.10 Å². The smallest absolute Gasteiger partial charge is 0.322 e. The summed E-state index contributed by atoms with van der Waals surface area (Å²) in [5.41, 5.74) is 0.383. The number of hydrogen-bond donors (Lipinski definition) is 1. The van der Waals surface area contributed by atoms with Crippen LogP contribution < -0.4 is 5.32 Å². The fraction of sp³-hybridized carbons (Fsp3) is 0.318. The van der Waals surface area contributed by atoms with Crippen molar-refractivity contribution >= 4 is 31.8 Å². The van der Waals surface area contributed by atoms with E-state index in [9.17, 15) is 21.6 Å². The summed E-state index contributed by atoms with van der Waals surface area (Å²) in [6, 6.07) is 11.4. The summed E-state index contributed by atoms with van der Waals surface area (Å²) in [5.74, 6) is -0.675. The third kappa shape index (κ3) is 5.42. The van der Waals surface area contributed by atoms with Gasteiger partial charge < -0.3 is 9.15 Å². The molecule has 2 unspecified atom stereocenters. The van der Waals surface area contributed by atoms with Crippen LogP contribution in [0.4, 0.5) is 6.01 Å². The maximum absolute atomic E-state index is 13.0. The molecular weight excluding hydrogens is 496 g/mol. The van der Waals surface area contributed by atoms with Gasteiger partial charge in [0, 0.05) is 24.9 Å². The molecule has 13 heteroatoms. The Morgan fingerprint density at radius 3 is 2.23 bits per heavy atom. The number of aromatic nitrogens is 2. The third-order valence-corrected chi connectivity index (χ3v) is 8.30. The van der Waals surface area contributed by atoms with E-state index in [-0.39, 0.29) is 58.1 Å². The molecule has 3 aromatic rings.